The second kappa shape index (κ2) is 3.95. The summed E-state index contributed by atoms with van der Waals surface area (Å²) in [5.74, 6) is 0.366. The molecular formula is C13H15ClN2. The smallest absolute Gasteiger partial charge is 0.0770 e. The van der Waals surface area contributed by atoms with E-state index in [-0.39, 0.29) is 0 Å². The molecule has 0 radical (unpaired) electrons. The summed E-state index contributed by atoms with van der Waals surface area (Å²) in [6.45, 7) is 6.23. The summed E-state index contributed by atoms with van der Waals surface area (Å²) in [4.78, 5) is 4.63. The Balaban J connectivity index is 2.86. The lowest BCUT2D eigenvalue weighted by Crippen LogP contribution is -1.99. The van der Waals surface area contributed by atoms with E-state index in [1.165, 1.54) is 0 Å². The van der Waals surface area contributed by atoms with Crippen LogP contribution in [0.3, 0.4) is 0 Å². The molecule has 1 aromatic heterocycles. The number of anilines is 1. The van der Waals surface area contributed by atoms with Gasteiger partial charge in [-0.05, 0) is 30.5 Å². The zero-order valence-corrected chi connectivity index (χ0v) is 10.5. The number of hydrogen-bond acceptors (Lipinski definition) is 2. The van der Waals surface area contributed by atoms with Gasteiger partial charge in [0.05, 0.1) is 10.5 Å². The number of aryl methyl sites for hydroxylation is 1. The highest BCUT2D eigenvalue weighted by Crippen LogP contribution is 2.31. The van der Waals surface area contributed by atoms with Gasteiger partial charge in [0.1, 0.15) is 0 Å². The molecule has 0 atom stereocenters. The molecule has 0 saturated heterocycles. The second-order valence-electron chi connectivity index (χ2n) is 4.38. The van der Waals surface area contributed by atoms with Gasteiger partial charge < -0.3 is 5.73 Å². The molecule has 1 aromatic carbocycles. The van der Waals surface area contributed by atoms with Gasteiger partial charge in [-0.3, -0.25) is 4.98 Å². The Morgan fingerprint density at radius 3 is 2.62 bits per heavy atom. The second-order valence-corrected chi connectivity index (χ2v) is 4.79. The number of aromatic nitrogens is 1. The Morgan fingerprint density at radius 1 is 1.31 bits per heavy atom. The number of fused-ring (bicyclic) bond motifs is 1. The van der Waals surface area contributed by atoms with Crippen LogP contribution < -0.4 is 5.73 Å². The highest BCUT2D eigenvalue weighted by molar-refractivity contribution is 6.36. The zero-order chi connectivity index (χ0) is 11.9. The Bertz CT molecular complexity index is 547. The minimum Gasteiger partial charge on any atom is -0.398 e. The Kier molecular flexibility index (Phi) is 2.76. The maximum absolute atomic E-state index is 6.15. The van der Waals surface area contributed by atoms with Crippen LogP contribution >= 0.6 is 11.6 Å². The SMILES string of the molecule is Cc1ccc(Cl)c2c(N)cc(C(C)C)nc12. The molecule has 2 aromatic rings. The molecule has 2 rings (SSSR count). The molecule has 16 heavy (non-hydrogen) atoms. The summed E-state index contributed by atoms with van der Waals surface area (Å²) in [5.41, 5.74) is 9.78. The van der Waals surface area contributed by atoms with Crippen LogP contribution in [0.1, 0.15) is 31.0 Å². The standard InChI is InChI=1S/C13H15ClN2/c1-7(2)11-6-10(15)12-9(14)5-4-8(3)13(12)16-11/h4-7H,1-3H3,(H2,15,16). The van der Waals surface area contributed by atoms with E-state index >= 15 is 0 Å². The number of pyridine rings is 1. The van der Waals surface area contributed by atoms with E-state index in [0.717, 1.165) is 22.2 Å². The summed E-state index contributed by atoms with van der Waals surface area (Å²) in [6, 6.07) is 5.76. The van der Waals surface area contributed by atoms with Gasteiger partial charge >= 0.3 is 0 Å². The van der Waals surface area contributed by atoms with E-state index in [1.54, 1.807) is 0 Å². The Morgan fingerprint density at radius 2 is 2.00 bits per heavy atom. The summed E-state index contributed by atoms with van der Waals surface area (Å²) in [7, 11) is 0. The Labute approximate surface area is 100 Å². The topological polar surface area (TPSA) is 38.9 Å². The lowest BCUT2D eigenvalue weighted by atomic mass is 10.0. The predicted molar refractivity (Wildman–Crippen MR) is 70.0 cm³/mol. The number of benzene rings is 1. The lowest BCUT2D eigenvalue weighted by Gasteiger charge is -2.11. The van der Waals surface area contributed by atoms with Gasteiger partial charge in [0.25, 0.3) is 0 Å². The van der Waals surface area contributed by atoms with Crippen molar-refractivity contribution in [2.45, 2.75) is 26.7 Å². The first-order valence-corrected chi connectivity index (χ1v) is 5.73. The van der Waals surface area contributed by atoms with E-state index in [0.29, 0.717) is 16.6 Å². The van der Waals surface area contributed by atoms with Crippen LogP contribution in [0.4, 0.5) is 5.69 Å². The first-order chi connectivity index (χ1) is 7.50. The summed E-state index contributed by atoms with van der Waals surface area (Å²) >= 11 is 6.15. The van der Waals surface area contributed by atoms with Crippen LogP contribution in [0, 0.1) is 6.92 Å². The monoisotopic (exact) mass is 234 g/mol. The molecule has 2 nitrogen and oxygen atoms in total. The molecule has 0 fully saturated rings. The van der Waals surface area contributed by atoms with E-state index < -0.39 is 0 Å². The van der Waals surface area contributed by atoms with Crippen LogP contribution in [0.15, 0.2) is 18.2 Å². The van der Waals surface area contributed by atoms with E-state index in [1.807, 2.05) is 25.1 Å². The summed E-state index contributed by atoms with van der Waals surface area (Å²) in [6.07, 6.45) is 0. The summed E-state index contributed by atoms with van der Waals surface area (Å²) < 4.78 is 0. The molecule has 2 N–H and O–H groups in total. The van der Waals surface area contributed by atoms with E-state index in [2.05, 4.69) is 18.8 Å². The predicted octanol–water partition coefficient (Wildman–Crippen LogP) is 3.90. The molecule has 1 heterocycles. The highest BCUT2D eigenvalue weighted by atomic mass is 35.5. The van der Waals surface area contributed by atoms with Crippen LogP contribution in [-0.4, -0.2) is 4.98 Å². The van der Waals surface area contributed by atoms with Gasteiger partial charge in [-0.25, -0.2) is 0 Å². The van der Waals surface area contributed by atoms with Gasteiger partial charge in [0, 0.05) is 16.8 Å². The average molecular weight is 235 g/mol. The van der Waals surface area contributed by atoms with Crippen molar-refractivity contribution in [1.29, 1.82) is 0 Å². The molecular weight excluding hydrogens is 220 g/mol. The third-order valence-corrected chi connectivity index (χ3v) is 3.07. The fourth-order valence-corrected chi connectivity index (χ4v) is 2.04. The zero-order valence-electron chi connectivity index (χ0n) is 9.71. The molecule has 0 amide bonds. The van der Waals surface area contributed by atoms with Crippen molar-refractivity contribution >= 4 is 28.2 Å². The quantitative estimate of drug-likeness (QED) is 0.813. The first-order valence-electron chi connectivity index (χ1n) is 5.36. The van der Waals surface area contributed by atoms with Gasteiger partial charge in [-0.1, -0.05) is 31.5 Å². The van der Waals surface area contributed by atoms with Crippen molar-refractivity contribution in [2.75, 3.05) is 5.73 Å². The van der Waals surface area contributed by atoms with E-state index in [9.17, 15) is 0 Å². The van der Waals surface area contributed by atoms with Crippen molar-refractivity contribution in [3.8, 4) is 0 Å². The number of rotatable bonds is 1. The number of halogens is 1. The van der Waals surface area contributed by atoms with Crippen LogP contribution in [-0.2, 0) is 0 Å². The maximum atomic E-state index is 6.15. The van der Waals surface area contributed by atoms with E-state index in [4.69, 9.17) is 17.3 Å². The van der Waals surface area contributed by atoms with Crippen molar-refractivity contribution in [3.63, 3.8) is 0 Å². The van der Waals surface area contributed by atoms with Crippen molar-refractivity contribution in [1.82, 2.24) is 4.98 Å². The van der Waals surface area contributed by atoms with Gasteiger partial charge in [-0.15, -0.1) is 0 Å². The molecule has 0 aliphatic rings. The van der Waals surface area contributed by atoms with Gasteiger partial charge in [0.15, 0.2) is 0 Å². The number of hydrogen-bond donors (Lipinski definition) is 1. The maximum Gasteiger partial charge on any atom is 0.0770 e. The van der Waals surface area contributed by atoms with Crippen molar-refractivity contribution in [3.05, 3.63) is 34.5 Å². The summed E-state index contributed by atoms with van der Waals surface area (Å²) in [5, 5.41) is 1.53. The minimum absolute atomic E-state index is 0.366. The molecule has 3 heteroatoms. The molecule has 0 saturated carbocycles. The number of nitrogens with zero attached hydrogens (tertiary/aromatic N) is 1. The molecule has 0 unspecified atom stereocenters. The van der Waals surface area contributed by atoms with Gasteiger partial charge in [-0.2, -0.15) is 0 Å². The third-order valence-electron chi connectivity index (χ3n) is 2.75. The highest BCUT2D eigenvalue weighted by Gasteiger charge is 2.10. The lowest BCUT2D eigenvalue weighted by molar-refractivity contribution is 0.830. The normalized spacial score (nSPS) is 11.3. The number of nitrogen functional groups attached to an aromatic ring is 1. The minimum atomic E-state index is 0.366. The van der Waals surface area contributed by atoms with Crippen LogP contribution in [0.2, 0.25) is 5.02 Å². The van der Waals surface area contributed by atoms with Crippen molar-refractivity contribution in [2.24, 2.45) is 0 Å². The molecule has 0 bridgehead atoms. The fraction of sp³-hybridized carbons (Fsp3) is 0.308. The molecule has 0 aliphatic carbocycles. The third kappa shape index (κ3) is 1.74. The molecule has 0 aliphatic heterocycles. The fourth-order valence-electron chi connectivity index (χ4n) is 1.78. The number of nitrogens with two attached hydrogens (primary N) is 1. The van der Waals surface area contributed by atoms with Gasteiger partial charge in [0.2, 0.25) is 0 Å². The largest absolute Gasteiger partial charge is 0.398 e. The van der Waals surface area contributed by atoms with Crippen LogP contribution in [0.25, 0.3) is 10.9 Å². The van der Waals surface area contributed by atoms with Crippen molar-refractivity contribution < 1.29 is 0 Å². The van der Waals surface area contributed by atoms with Crippen LogP contribution in [0.5, 0.6) is 0 Å². The Hall–Kier alpha value is -1.28. The average Bonchev–Trinajstić information content (AvgIpc) is 2.22. The molecule has 0 spiro atoms. The molecule has 84 valence electrons. The first kappa shape index (κ1) is 11.2.